The number of hydrogen-bond donors (Lipinski definition) is 2. The van der Waals surface area contributed by atoms with Crippen LogP contribution < -0.4 is 26.4 Å². The summed E-state index contributed by atoms with van der Waals surface area (Å²) in [5.41, 5.74) is 0.418. The van der Waals surface area contributed by atoms with Gasteiger partial charge in [-0.2, -0.15) is 0 Å². The third-order valence-corrected chi connectivity index (χ3v) is 7.15. The molecule has 0 bridgehead atoms. The highest BCUT2D eigenvalue weighted by atomic mass is 35.5. The van der Waals surface area contributed by atoms with Crippen molar-refractivity contribution >= 4 is 40.3 Å². The molecule has 0 unspecified atom stereocenters. The lowest BCUT2D eigenvalue weighted by Gasteiger charge is -2.31. The van der Waals surface area contributed by atoms with E-state index in [4.69, 9.17) is 16.0 Å². The first-order chi connectivity index (χ1) is 17.9. The molecule has 1 aliphatic rings. The average molecular weight is 536 g/mol. The molecule has 4 aromatic rings. The zero-order valence-corrected chi connectivity index (χ0v) is 22.4. The van der Waals surface area contributed by atoms with Crippen LogP contribution in [0.15, 0.2) is 56.5 Å². The molecule has 7 nitrogen and oxygen atoms in total. The molecule has 0 spiro atoms. The van der Waals surface area contributed by atoms with E-state index in [1.165, 1.54) is 11.0 Å². The molecule has 0 radical (unpaired) electrons. The molecule has 0 saturated carbocycles. The maximum Gasteiger partial charge on any atom is 0.261 e. The summed E-state index contributed by atoms with van der Waals surface area (Å²) in [4.78, 5) is 40.1. The Bertz CT molecular complexity index is 1660. The Balaban J connectivity index is 1.51. The molecule has 3 aromatic carbocycles. The summed E-state index contributed by atoms with van der Waals surface area (Å²) in [5.74, 6) is 0.371. The summed E-state index contributed by atoms with van der Waals surface area (Å²) in [5, 5.41) is 6.53. The van der Waals surface area contributed by atoms with E-state index in [0.717, 1.165) is 11.3 Å². The van der Waals surface area contributed by atoms with E-state index in [1.54, 1.807) is 24.3 Å². The smallest absolute Gasteiger partial charge is 0.261 e. The van der Waals surface area contributed by atoms with E-state index in [9.17, 15) is 18.8 Å². The highest BCUT2D eigenvalue weighted by Gasteiger charge is 2.36. The highest BCUT2D eigenvalue weighted by Crippen LogP contribution is 2.41. The van der Waals surface area contributed by atoms with Gasteiger partial charge in [-0.05, 0) is 61.2 Å². The maximum absolute atomic E-state index is 14.6. The number of carbonyl (C=O) groups is 1. The van der Waals surface area contributed by atoms with Gasteiger partial charge in [0.1, 0.15) is 28.7 Å². The first-order valence-electron chi connectivity index (χ1n) is 12.2. The Hall–Kier alpha value is -3.91. The van der Waals surface area contributed by atoms with Gasteiger partial charge in [-0.15, -0.1) is 0 Å². The number of rotatable bonds is 6. The number of fused-ring (bicyclic) bond motifs is 1. The second-order valence-corrected chi connectivity index (χ2v) is 11.1. The second kappa shape index (κ2) is 9.13. The Morgan fingerprint density at radius 1 is 1.00 bits per heavy atom. The number of nitrogens with one attached hydrogen (secondary N) is 2. The number of nitrogens with zero attached hydrogens (tertiary/aromatic N) is 1. The third kappa shape index (κ3) is 4.28. The van der Waals surface area contributed by atoms with Crippen molar-refractivity contribution in [1.29, 1.82) is 0 Å². The Kier molecular flexibility index (Phi) is 6.18. The molecule has 38 heavy (non-hydrogen) atoms. The van der Waals surface area contributed by atoms with Crippen LogP contribution in [0.3, 0.4) is 0 Å². The normalized spacial score (nSPS) is 14.2. The number of hydrogen-bond acceptors (Lipinski definition) is 6. The second-order valence-electron chi connectivity index (χ2n) is 10.7. The molecule has 1 aliphatic heterocycles. The Labute approximate surface area is 223 Å². The molecule has 5 rings (SSSR count). The van der Waals surface area contributed by atoms with Gasteiger partial charge in [0.15, 0.2) is 0 Å². The van der Waals surface area contributed by atoms with E-state index < -0.39 is 28.6 Å². The van der Waals surface area contributed by atoms with Crippen molar-refractivity contribution < 1.29 is 13.6 Å². The number of aryl methyl sites for hydroxylation is 2. The average Bonchev–Trinajstić information content (AvgIpc) is 3.44. The lowest BCUT2D eigenvalue weighted by Crippen LogP contribution is -2.39. The lowest BCUT2D eigenvalue weighted by atomic mass is 9.85. The fourth-order valence-electron chi connectivity index (χ4n) is 4.77. The summed E-state index contributed by atoms with van der Waals surface area (Å²) in [6.45, 7) is 9.69. The van der Waals surface area contributed by atoms with E-state index in [0.29, 0.717) is 22.0 Å². The number of carbonyl (C=O) groups excluding carboxylic acids is 1. The zero-order chi connectivity index (χ0) is 27.5. The minimum Gasteiger partial charge on any atom is -0.464 e. The Morgan fingerprint density at radius 3 is 2.37 bits per heavy atom. The summed E-state index contributed by atoms with van der Waals surface area (Å²) >= 11 is 6.43. The van der Waals surface area contributed by atoms with Crippen molar-refractivity contribution in [3.05, 3.63) is 102 Å². The summed E-state index contributed by atoms with van der Waals surface area (Å²) in [7, 11) is 0. The van der Waals surface area contributed by atoms with Gasteiger partial charge in [-0.1, -0.05) is 38.4 Å². The minimum absolute atomic E-state index is 0.0463. The maximum atomic E-state index is 14.6. The fraction of sp³-hybridized carbons (Fsp3) is 0.276. The van der Waals surface area contributed by atoms with Crippen LogP contribution in [0.2, 0.25) is 5.02 Å². The van der Waals surface area contributed by atoms with Crippen molar-refractivity contribution in [2.45, 2.75) is 47.2 Å². The van der Waals surface area contributed by atoms with Crippen molar-refractivity contribution in [1.82, 2.24) is 0 Å². The molecule has 1 atom stereocenters. The van der Waals surface area contributed by atoms with Crippen molar-refractivity contribution in [2.75, 3.05) is 15.5 Å². The molecule has 1 amide bonds. The van der Waals surface area contributed by atoms with Crippen LogP contribution in [0.25, 0.3) is 0 Å². The molecule has 2 N–H and O–H groups in total. The molecular weight excluding hydrogens is 509 g/mol. The quantitative estimate of drug-likeness (QED) is 0.278. The minimum atomic E-state index is -0.702. The van der Waals surface area contributed by atoms with Crippen molar-refractivity contribution in [3.63, 3.8) is 0 Å². The van der Waals surface area contributed by atoms with Crippen LogP contribution in [-0.2, 0) is 6.54 Å². The molecule has 9 heteroatoms. The predicted molar refractivity (Wildman–Crippen MR) is 147 cm³/mol. The fourth-order valence-corrected chi connectivity index (χ4v) is 4.98. The lowest BCUT2D eigenvalue weighted by molar-refractivity contribution is 0.0996. The Morgan fingerprint density at radius 2 is 1.71 bits per heavy atom. The summed E-state index contributed by atoms with van der Waals surface area (Å²) < 4.78 is 20.5. The number of anilines is 4. The van der Waals surface area contributed by atoms with E-state index in [-0.39, 0.29) is 34.6 Å². The van der Waals surface area contributed by atoms with Crippen LogP contribution in [0, 0.1) is 25.1 Å². The predicted octanol–water partition coefficient (Wildman–Crippen LogP) is 6.39. The van der Waals surface area contributed by atoms with Crippen molar-refractivity contribution in [3.8, 4) is 0 Å². The highest BCUT2D eigenvalue weighted by molar-refractivity contribution is 6.33. The molecular formula is C29H27ClFN3O4. The monoisotopic (exact) mass is 535 g/mol. The third-order valence-electron chi connectivity index (χ3n) is 6.79. The standard InChI is InChI=1S/C29H27ClFN3O4/c1-14-6-9-18(31)20(12-14)34-13-16-17(30)8-10-19(22(16)28(34)37)32-23-24(26(36)25(23)35)33-27(29(3,4)5)21-11-7-15(2)38-21/h6-12,27,32-33H,13H2,1-5H3/t27-/m0/s1. The molecule has 196 valence electrons. The van der Waals surface area contributed by atoms with Gasteiger partial charge in [-0.25, -0.2) is 4.39 Å². The molecule has 0 fully saturated rings. The van der Waals surface area contributed by atoms with E-state index >= 15 is 0 Å². The summed E-state index contributed by atoms with van der Waals surface area (Å²) in [6, 6.07) is 11.0. The van der Waals surface area contributed by atoms with Gasteiger partial charge in [0.2, 0.25) is 0 Å². The SMILES string of the molecule is Cc1ccc(F)c(N2Cc3c(Cl)ccc(Nc4c(N[C@@H](c5ccc(C)o5)C(C)(C)C)c(=O)c4=O)c3C2=O)c1. The van der Waals surface area contributed by atoms with Gasteiger partial charge in [0.05, 0.1) is 29.5 Å². The summed E-state index contributed by atoms with van der Waals surface area (Å²) in [6.07, 6.45) is 0. The zero-order valence-electron chi connectivity index (χ0n) is 21.7. The van der Waals surface area contributed by atoms with Crippen LogP contribution in [0.1, 0.15) is 59.8 Å². The molecule has 2 heterocycles. The van der Waals surface area contributed by atoms with Gasteiger partial charge in [0, 0.05) is 10.6 Å². The van der Waals surface area contributed by atoms with Crippen LogP contribution in [0.4, 0.5) is 27.1 Å². The first kappa shape index (κ1) is 25.7. The first-order valence-corrected chi connectivity index (χ1v) is 12.6. The topological polar surface area (TPSA) is 91.7 Å². The number of furan rings is 1. The van der Waals surface area contributed by atoms with E-state index in [2.05, 4.69) is 10.6 Å². The molecule has 1 aromatic heterocycles. The number of amides is 1. The number of halogens is 2. The van der Waals surface area contributed by atoms with Gasteiger partial charge in [0.25, 0.3) is 16.8 Å². The largest absolute Gasteiger partial charge is 0.464 e. The van der Waals surface area contributed by atoms with Crippen LogP contribution in [-0.4, -0.2) is 5.91 Å². The molecule has 0 aliphatic carbocycles. The van der Waals surface area contributed by atoms with Gasteiger partial charge < -0.3 is 20.0 Å². The van der Waals surface area contributed by atoms with Crippen LogP contribution in [0.5, 0.6) is 0 Å². The van der Waals surface area contributed by atoms with Gasteiger partial charge in [-0.3, -0.25) is 14.4 Å². The van der Waals surface area contributed by atoms with E-state index in [1.807, 2.05) is 46.8 Å². The van der Waals surface area contributed by atoms with Crippen LogP contribution >= 0.6 is 11.6 Å². The van der Waals surface area contributed by atoms with Crippen molar-refractivity contribution in [2.24, 2.45) is 5.41 Å². The van der Waals surface area contributed by atoms with Gasteiger partial charge >= 0.3 is 0 Å². The number of benzene rings is 2. The molecule has 0 saturated heterocycles.